The van der Waals surface area contributed by atoms with E-state index in [2.05, 4.69) is 11.0 Å². The van der Waals surface area contributed by atoms with Gasteiger partial charge in [0, 0.05) is 26.2 Å². The van der Waals surface area contributed by atoms with Crippen molar-refractivity contribution in [3.05, 3.63) is 24.3 Å². The first kappa shape index (κ1) is 15.6. The Kier molecular flexibility index (Phi) is 4.73. The van der Waals surface area contributed by atoms with Crippen LogP contribution in [-0.2, 0) is 4.79 Å². The highest BCUT2D eigenvalue weighted by molar-refractivity contribution is 5.85. The molecule has 1 amide bonds. The van der Waals surface area contributed by atoms with Gasteiger partial charge in [-0.2, -0.15) is 0 Å². The molecule has 116 valence electrons. The molecule has 0 spiro atoms. The van der Waals surface area contributed by atoms with Gasteiger partial charge in [0.05, 0.1) is 18.3 Å². The van der Waals surface area contributed by atoms with Gasteiger partial charge in [0.2, 0.25) is 5.91 Å². The van der Waals surface area contributed by atoms with Crippen molar-refractivity contribution in [3.8, 4) is 5.75 Å². The Balaban J connectivity index is 2.02. The van der Waals surface area contributed by atoms with Crippen LogP contribution >= 0.6 is 0 Å². The molecule has 1 aliphatic rings. The van der Waals surface area contributed by atoms with Gasteiger partial charge >= 0.3 is 0 Å². The Morgan fingerprint density at radius 2 is 1.90 bits per heavy atom. The number of carbonyl (C=O) groups is 1. The van der Waals surface area contributed by atoms with Gasteiger partial charge in [0.25, 0.3) is 0 Å². The Morgan fingerprint density at radius 1 is 1.29 bits per heavy atom. The lowest BCUT2D eigenvalue weighted by molar-refractivity contribution is -0.136. The summed E-state index contributed by atoms with van der Waals surface area (Å²) in [4.78, 5) is 16.5. The van der Waals surface area contributed by atoms with Crippen molar-refractivity contribution < 1.29 is 9.53 Å². The minimum absolute atomic E-state index is 0.0460. The average molecular weight is 291 g/mol. The van der Waals surface area contributed by atoms with E-state index in [1.165, 1.54) is 0 Å². The molecule has 2 rings (SSSR count). The van der Waals surface area contributed by atoms with Crippen molar-refractivity contribution in [3.63, 3.8) is 0 Å². The molecule has 0 bridgehead atoms. The zero-order valence-electron chi connectivity index (χ0n) is 13.1. The number of amides is 1. The summed E-state index contributed by atoms with van der Waals surface area (Å²) in [5, 5.41) is 0. The van der Waals surface area contributed by atoms with Gasteiger partial charge in [-0.15, -0.1) is 0 Å². The van der Waals surface area contributed by atoms with E-state index < -0.39 is 5.54 Å². The number of hydrogen-bond donors (Lipinski definition) is 1. The topological polar surface area (TPSA) is 58.8 Å². The number of benzene rings is 1. The summed E-state index contributed by atoms with van der Waals surface area (Å²) in [7, 11) is 1.68. The highest BCUT2D eigenvalue weighted by Crippen LogP contribution is 2.28. The van der Waals surface area contributed by atoms with Gasteiger partial charge in [0.15, 0.2) is 0 Å². The van der Waals surface area contributed by atoms with Gasteiger partial charge < -0.3 is 20.3 Å². The van der Waals surface area contributed by atoms with E-state index in [0.717, 1.165) is 24.5 Å². The minimum Gasteiger partial charge on any atom is -0.495 e. The number of carbonyl (C=O) groups excluding carboxylic acids is 1. The Hall–Kier alpha value is -1.75. The molecule has 21 heavy (non-hydrogen) atoms. The van der Waals surface area contributed by atoms with Crippen molar-refractivity contribution in [2.45, 2.75) is 25.8 Å². The maximum absolute atomic E-state index is 12.4. The number of nitrogens with two attached hydrogens (primary N) is 1. The second kappa shape index (κ2) is 6.35. The van der Waals surface area contributed by atoms with Crippen LogP contribution < -0.4 is 15.4 Å². The van der Waals surface area contributed by atoms with Crippen LogP contribution in [0, 0.1) is 0 Å². The fourth-order valence-electron chi connectivity index (χ4n) is 2.55. The van der Waals surface area contributed by atoms with Gasteiger partial charge in [-0.25, -0.2) is 0 Å². The number of ether oxygens (including phenoxy) is 1. The van der Waals surface area contributed by atoms with Gasteiger partial charge in [0.1, 0.15) is 5.75 Å². The predicted molar refractivity (Wildman–Crippen MR) is 84.7 cm³/mol. The minimum atomic E-state index is -0.757. The molecule has 1 saturated heterocycles. The number of methoxy groups -OCH3 is 1. The van der Waals surface area contributed by atoms with E-state index >= 15 is 0 Å². The van der Waals surface area contributed by atoms with E-state index in [1.807, 2.05) is 36.9 Å². The molecule has 1 aromatic rings. The molecule has 1 aliphatic heterocycles. The largest absolute Gasteiger partial charge is 0.495 e. The van der Waals surface area contributed by atoms with Crippen molar-refractivity contribution in [1.82, 2.24) is 4.90 Å². The number of hydrogen-bond acceptors (Lipinski definition) is 4. The highest BCUT2D eigenvalue weighted by atomic mass is 16.5. The lowest BCUT2D eigenvalue weighted by atomic mass is 9.98. The van der Waals surface area contributed by atoms with Crippen molar-refractivity contribution in [2.24, 2.45) is 5.73 Å². The molecule has 5 nitrogen and oxygen atoms in total. The van der Waals surface area contributed by atoms with E-state index in [4.69, 9.17) is 10.5 Å². The molecule has 1 heterocycles. The molecule has 0 radical (unpaired) electrons. The van der Waals surface area contributed by atoms with Crippen LogP contribution in [0.25, 0.3) is 0 Å². The average Bonchev–Trinajstić information content (AvgIpc) is 2.54. The van der Waals surface area contributed by atoms with E-state index in [0.29, 0.717) is 19.5 Å². The maximum Gasteiger partial charge on any atom is 0.242 e. The summed E-state index contributed by atoms with van der Waals surface area (Å²) >= 11 is 0. The van der Waals surface area contributed by atoms with Crippen LogP contribution in [0.4, 0.5) is 5.69 Å². The molecular formula is C16H25N3O2. The van der Waals surface area contributed by atoms with Crippen molar-refractivity contribution in [1.29, 1.82) is 0 Å². The molecule has 1 aromatic carbocycles. The quantitative estimate of drug-likeness (QED) is 0.912. The standard InChI is InChI=1S/C16H25N3O2/c1-4-16(2,17)15(20)19-11-9-18(10-12-19)13-7-5-6-8-14(13)21-3/h5-8H,4,9-12,17H2,1-3H3. The van der Waals surface area contributed by atoms with Crippen molar-refractivity contribution in [2.75, 3.05) is 38.2 Å². The summed E-state index contributed by atoms with van der Waals surface area (Å²) in [6, 6.07) is 7.98. The molecule has 1 atom stereocenters. The molecule has 5 heteroatoms. The third-order valence-corrected chi connectivity index (χ3v) is 4.22. The lowest BCUT2D eigenvalue weighted by Crippen LogP contribution is -2.58. The number of anilines is 1. The van der Waals surface area contributed by atoms with E-state index in [1.54, 1.807) is 7.11 Å². The summed E-state index contributed by atoms with van der Waals surface area (Å²) < 4.78 is 5.40. The molecule has 0 aliphatic carbocycles. The second-order valence-electron chi connectivity index (χ2n) is 5.72. The predicted octanol–water partition coefficient (Wildman–Crippen LogP) is 1.47. The monoisotopic (exact) mass is 291 g/mol. The van der Waals surface area contributed by atoms with Crippen LogP contribution in [0.5, 0.6) is 5.75 Å². The number of nitrogens with zero attached hydrogens (tertiary/aromatic N) is 2. The van der Waals surface area contributed by atoms with Gasteiger partial charge in [-0.05, 0) is 25.5 Å². The van der Waals surface area contributed by atoms with Crippen molar-refractivity contribution >= 4 is 11.6 Å². The highest BCUT2D eigenvalue weighted by Gasteiger charge is 2.32. The summed E-state index contributed by atoms with van der Waals surface area (Å²) in [6.07, 6.45) is 0.651. The van der Waals surface area contributed by atoms with Crippen LogP contribution in [-0.4, -0.2) is 49.6 Å². The maximum atomic E-state index is 12.4. The van der Waals surface area contributed by atoms with Gasteiger partial charge in [-0.1, -0.05) is 19.1 Å². The first-order valence-electron chi connectivity index (χ1n) is 7.46. The van der Waals surface area contributed by atoms with E-state index in [9.17, 15) is 4.79 Å². The molecule has 0 saturated carbocycles. The van der Waals surface area contributed by atoms with Gasteiger partial charge in [-0.3, -0.25) is 4.79 Å². The van der Waals surface area contributed by atoms with Crippen LogP contribution in [0.2, 0.25) is 0 Å². The normalized spacial score (nSPS) is 18.3. The Morgan fingerprint density at radius 3 is 2.48 bits per heavy atom. The summed E-state index contributed by atoms with van der Waals surface area (Å²) in [5.74, 6) is 0.916. The molecular weight excluding hydrogens is 266 g/mol. The molecule has 1 fully saturated rings. The molecule has 0 aromatic heterocycles. The van der Waals surface area contributed by atoms with Crippen LogP contribution in [0.3, 0.4) is 0 Å². The molecule has 2 N–H and O–H groups in total. The van der Waals surface area contributed by atoms with E-state index in [-0.39, 0.29) is 5.91 Å². The number of rotatable bonds is 4. The Bertz CT molecular complexity index is 494. The smallest absolute Gasteiger partial charge is 0.242 e. The third kappa shape index (κ3) is 3.29. The summed E-state index contributed by atoms with van der Waals surface area (Å²) in [5.41, 5.74) is 6.38. The second-order valence-corrected chi connectivity index (χ2v) is 5.72. The first-order valence-corrected chi connectivity index (χ1v) is 7.46. The zero-order valence-corrected chi connectivity index (χ0v) is 13.1. The van der Waals surface area contributed by atoms with Crippen LogP contribution in [0.1, 0.15) is 20.3 Å². The fourth-order valence-corrected chi connectivity index (χ4v) is 2.55. The summed E-state index contributed by atoms with van der Waals surface area (Å²) in [6.45, 7) is 6.75. The number of para-hydroxylation sites is 2. The fraction of sp³-hybridized carbons (Fsp3) is 0.562. The Labute approximate surface area is 126 Å². The third-order valence-electron chi connectivity index (χ3n) is 4.22. The SMILES string of the molecule is CCC(C)(N)C(=O)N1CCN(c2ccccc2OC)CC1. The first-order chi connectivity index (χ1) is 9.99. The lowest BCUT2D eigenvalue weighted by Gasteiger charge is -2.39. The van der Waals surface area contributed by atoms with Crippen LogP contribution in [0.15, 0.2) is 24.3 Å². The molecule has 1 unspecified atom stereocenters. The number of piperazine rings is 1. The zero-order chi connectivity index (χ0) is 15.5.